The van der Waals surface area contributed by atoms with Gasteiger partial charge in [-0.15, -0.1) is 0 Å². The Hall–Kier alpha value is -2.34. The summed E-state index contributed by atoms with van der Waals surface area (Å²) in [7, 11) is 3.34. The number of hydrogen-bond acceptors (Lipinski definition) is 4. The van der Waals surface area contributed by atoms with Crippen molar-refractivity contribution < 1.29 is 14.6 Å². The molecule has 1 aromatic heterocycles. The lowest BCUT2D eigenvalue weighted by Crippen LogP contribution is -2.37. The van der Waals surface area contributed by atoms with Gasteiger partial charge in [0.2, 0.25) is 0 Å². The van der Waals surface area contributed by atoms with Gasteiger partial charge < -0.3 is 15.2 Å². The molecule has 0 radical (unpaired) electrons. The van der Waals surface area contributed by atoms with E-state index in [9.17, 15) is 9.90 Å². The monoisotopic (exact) mass is 345 g/mol. The zero-order valence-electron chi connectivity index (χ0n) is 15.7. The number of ether oxygens (including phenoxy) is 1. The molecular formula is C19H27N3O3. The highest BCUT2D eigenvalue weighted by Gasteiger charge is 2.24. The summed E-state index contributed by atoms with van der Waals surface area (Å²) in [6.45, 7) is 7.92. The van der Waals surface area contributed by atoms with Gasteiger partial charge >= 0.3 is 0 Å². The van der Waals surface area contributed by atoms with Crippen LogP contribution in [-0.4, -0.2) is 33.9 Å². The summed E-state index contributed by atoms with van der Waals surface area (Å²) in [5.41, 5.74) is 1.90. The van der Waals surface area contributed by atoms with E-state index in [1.54, 1.807) is 56.1 Å². The van der Waals surface area contributed by atoms with E-state index in [0.717, 1.165) is 11.4 Å². The van der Waals surface area contributed by atoms with Crippen molar-refractivity contribution in [3.63, 3.8) is 0 Å². The van der Waals surface area contributed by atoms with Crippen LogP contribution in [-0.2, 0) is 12.5 Å². The summed E-state index contributed by atoms with van der Waals surface area (Å²) in [4.78, 5) is 12.5. The van der Waals surface area contributed by atoms with Crippen molar-refractivity contribution in [1.29, 1.82) is 0 Å². The van der Waals surface area contributed by atoms with Gasteiger partial charge in [-0.25, -0.2) is 0 Å². The number of rotatable bonds is 5. The lowest BCUT2D eigenvalue weighted by atomic mass is 9.92. The first-order valence-corrected chi connectivity index (χ1v) is 8.31. The molecule has 6 nitrogen and oxygen atoms in total. The molecule has 0 spiro atoms. The Morgan fingerprint density at radius 1 is 1.28 bits per heavy atom. The fourth-order valence-corrected chi connectivity index (χ4v) is 2.50. The van der Waals surface area contributed by atoms with Gasteiger partial charge in [-0.3, -0.25) is 9.48 Å². The maximum atomic E-state index is 12.5. The molecule has 1 aromatic carbocycles. The van der Waals surface area contributed by atoms with Gasteiger partial charge in [0.1, 0.15) is 11.4 Å². The van der Waals surface area contributed by atoms with Gasteiger partial charge in [-0.05, 0) is 30.7 Å². The summed E-state index contributed by atoms with van der Waals surface area (Å²) < 4.78 is 6.69. The standard InChI is InChI=1S/C19H27N3O3/c1-12(17(23)13-7-9-14(25-6)10-8-13)20-18(24)15-11-16(19(2,3)4)21-22(15)5/h7-12,17,23H,1-6H3,(H,20,24). The molecule has 0 fully saturated rings. The van der Waals surface area contributed by atoms with Crippen molar-refractivity contribution in [2.45, 2.75) is 45.3 Å². The number of nitrogens with one attached hydrogen (secondary N) is 1. The topological polar surface area (TPSA) is 76.4 Å². The molecule has 0 saturated heterocycles. The Morgan fingerprint density at radius 3 is 2.36 bits per heavy atom. The van der Waals surface area contributed by atoms with E-state index in [2.05, 4.69) is 10.4 Å². The van der Waals surface area contributed by atoms with Crippen molar-refractivity contribution in [1.82, 2.24) is 15.1 Å². The number of benzene rings is 1. The molecule has 1 amide bonds. The largest absolute Gasteiger partial charge is 0.497 e. The molecule has 2 aromatic rings. The normalized spacial score (nSPS) is 14.0. The molecule has 0 bridgehead atoms. The molecule has 2 N–H and O–H groups in total. The van der Waals surface area contributed by atoms with Gasteiger partial charge in [0.25, 0.3) is 5.91 Å². The predicted molar refractivity (Wildman–Crippen MR) is 96.8 cm³/mol. The summed E-state index contributed by atoms with van der Waals surface area (Å²) in [6, 6.07) is 8.48. The lowest BCUT2D eigenvalue weighted by Gasteiger charge is -2.20. The first-order chi connectivity index (χ1) is 11.6. The molecule has 0 aliphatic heterocycles. The van der Waals surface area contributed by atoms with E-state index in [1.807, 2.05) is 20.8 Å². The number of amides is 1. The maximum Gasteiger partial charge on any atom is 0.269 e. The van der Waals surface area contributed by atoms with Crippen molar-refractivity contribution in [3.05, 3.63) is 47.3 Å². The van der Waals surface area contributed by atoms with Crippen LogP contribution in [0.5, 0.6) is 5.75 Å². The molecule has 136 valence electrons. The summed E-state index contributed by atoms with van der Waals surface area (Å²) in [5, 5.41) is 17.7. The van der Waals surface area contributed by atoms with Crippen LogP contribution >= 0.6 is 0 Å². The maximum absolute atomic E-state index is 12.5. The van der Waals surface area contributed by atoms with E-state index in [1.165, 1.54) is 0 Å². The van der Waals surface area contributed by atoms with E-state index in [-0.39, 0.29) is 11.3 Å². The minimum atomic E-state index is -0.815. The summed E-state index contributed by atoms with van der Waals surface area (Å²) >= 11 is 0. The van der Waals surface area contributed by atoms with E-state index in [4.69, 9.17) is 4.74 Å². The number of nitrogens with zero attached hydrogens (tertiary/aromatic N) is 2. The quantitative estimate of drug-likeness (QED) is 0.873. The number of methoxy groups -OCH3 is 1. The first kappa shape index (κ1) is 19.0. The molecule has 2 rings (SSSR count). The zero-order chi connectivity index (χ0) is 18.8. The van der Waals surface area contributed by atoms with Crippen molar-refractivity contribution in [2.75, 3.05) is 7.11 Å². The van der Waals surface area contributed by atoms with Gasteiger partial charge in [0, 0.05) is 12.5 Å². The van der Waals surface area contributed by atoms with Crippen LogP contribution in [0.2, 0.25) is 0 Å². The number of aryl methyl sites for hydroxylation is 1. The molecule has 25 heavy (non-hydrogen) atoms. The Morgan fingerprint density at radius 2 is 1.88 bits per heavy atom. The minimum Gasteiger partial charge on any atom is -0.497 e. The fourth-order valence-electron chi connectivity index (χ4n) is 2.50. The van der Waals surface area contributed by atoms with E-state index < -0.39 is 12.1 Å². The van der Waals surface area contributed by atoms with Crippen molar-refractivity contribution in [2.24, 2.45) is 7.05 Å². The van der Waals surface area contributed by atoms with Crippen molar-refractivity contribution >= 4 is 5.91 Å². The summed E-state index contributed by atoms with van der Waals surface area (Å²) in [5.74, 6) is 0.461. The van der Waals surface area contributed by atoms with Crippen LogP contribution in [0.3, 0.4) is 0 Å². The van der Waals surface area contributed by atoms with Crippen LogP contribution in [0.25, 0.3) is 0 Å². The smallest absolute Gasteiger partial charge is 0.269 e. The molecule has 0 aliphatic rings. The van der Waals surface area contributed by atoms with E-state index in [0.29, 0.717) is 11.3 Å². The number of hydrogen-bond donors (Lipinski definition) is 2. The summed E-state index contributed by atoms with van der Waals surface area (Å²) in [6.07, 6.45) is -0.815. The number of aliphatic hydroxyl groups excluding tert-OH is 1. The Kier molecular flexibility index (Phi) is 5.52. The third kappa shape index (κ3) is 4.39. The van der Waals surface area contributed by atoms with E-state index >= 15 is 0 Å². The molecular weight excluding hydrogens is 318 g/mol. The molecule has 0 aliphatic carbocycles. The zero-order valence-corrected chi connectivity index (χ0v) is 15.7. The number of carbonyl (C=O) groups is 1. The van der Waals surface area contributed by atoms with Gasteiger partial charge in [-0.1, -0.05) is 32.9 Å². The molecule has 0 saturated carbocycles. The average Bonchev–Trinajstić information content (AvgIpc) is 2.96. The van der Waals surface area contributed by atoms with Crippen LogP contribution in [0.4, 0.5) is 0 Å². The van der Waals surface area contributed by atoms with Crippen LogP contribution < -0.4 is 10.1 Å². The second kappa shape index (κ2) is 7.27. The molecule has 2 atom stereocenters. The van der Waals surface area contributed by atoms with Crippen LogP contribution in [0, 0.1) is 0 Å². The van der Waals surface area contributed by atoms with Crippen molar-refractivity contribution in [3.8, 4) is 5.75 Å². The minimum absolute atomic E-state index is 0.134. The number of aromatic nitrogens is 2. The third-order valence-electron chi connectivity index (χ3n) is 4.17. The number of aliphatic hydroxyl groups is 1. The van der Waals surface area contributed by atoms with Gasteiger partial charge in [-0.2, -0.15) is 5.10 Å². The molecule has 1 heterocycles. The van der Waals surface area contributed by atoms with Crippen LogP contribution in [0.15, 0.2) is 30.3 Å². The Bertz CT molecular complexity index is 729. The first-order valence-electron chi connectivity index (χ1n) is 8.31. The Labute approximate surface area is 148 Å². The SMILES string of the molecule is COc1ccc(C(O)C(C)NC(=O)c2cc(C(C)(C)C)nn2C)cc1. The van der Waals surface area contributed by atoms with Gasteiger partial charge in [0.05, 0.1) is 24.9 Å². The Balaban J connectivity index is 2.10. The predicted octanol–water partition coefficient (Wildman–Crippen LogP) is 2.58. The fraction of sp³-hybridized carbons (Fsp3) is 0.474. The molecule has 2 unspecified atom stereocenters. The van der Waals surface area contributed by atoms with Crippen LogP contribution in [0.1, 0.15) is 55.5 Å². The molecule has 6 heteroatoms. The highest BCUT2D eigenvalue weighted by molar-refractivity contribution is 5.93. The highest BCUT2D eigenvalue weighted by Crippen LogP contribution is 2.23. The third-order valence-corrected chi connectivity index (χ3v) is 4.17. The second-order valence-corrected chi connectivity index (χ2v) is 7.27. The second-order valence-electron chi connectivity index (χ2n) is 7.27. The average molecular weight is 345 g/mol. The highest BCUT2D eigenvalue weighted by atomic mass is 16.5. The lowest BCUT2D eigenvalue weighted by molar-refractivity contribution is 0.0843. The van der Waals surface area contributed by atoms with Gasteiger partial charge in [0.15, 0.2) is 0 Å². The number of carbonyl (C=O) groups excluding carboxylic acids is 1.